The highest BCUT2D eigenvalue weighted by Crippen LogP contribution is 2.22. The van der Waals surface area contributed by atoms with Gasteiger partial charge in [0, 0.05) is 5.69 Å². The zero-order valence-electron chi connectivity index (χ0n) is 8.31. The zero-order chi connectivity index (χ0) is 11.0. The zero-order valence-corrected chi connectivity index (χ0v) is 9.07. The van der Waals surface area contributed by atoms with Crippen LogP contribution in [-0.4, -0.2) is 15.0 Å². The van der Waals surface area contributed by atoms with Gasteiger partial charge in [0.2, 0.25) is 0 Å². The predicted molar refractivity (Wildman–Crippen MR) is 64.3 cm³/mol. The molecule has 0 fully saturated rings. The van der Waals surface area contributed by atoms with E-state index in [2.05, 4.69) is 15.0 Å². The summed E-state index contributed by atoms with van der Waals surface area (Å²) in [6.07, 6.45) is 1.55. The van der Waals surface area contributed by atoms with Gasteiger partial charge in [-0.3, -0.25) is 0 Å². The molecule has 3 aromatic rings. The summed E-state index contributed by atoms with van der Waals surface area (Å²) in [6, 6.07) is 12.0. The van der Waals surface area contributed by atoms with E-state index < -0.39 is 0 Å². The maximum absolute atomic E-state index is 5.78. The Balaban J connectivity index is 2.19. The monoisotopic (exact) mass is 229 g/mol. The molecule has 0 amide bonds. The largest absolute Gasteiger partial charge is 0.338 e. The molecule has 1 aromatic carbocycles. The first-order valence-electron chi connectivity index (χ1n) is 4.89. The molecule has 0 unspecified atom stereocenters. The van der Waals surface area contributed by atoms with Gasteiger partial charge in [-0.25, -0.2) is 9.97 Å². The van der Waals surface area contributed by atoms with E-state index in [4.69, 9.17) is 11.6 Å². The standard InChI is InChI=1S/C12H8ClN3/c13-11-7-14-10-6-9(15-12(10)16-11)8-4-2-1-3-5-8/h1-7H,(H,15,16). The molecule has 0 atom stereocenters. The first kappa shape index (κ1) is 9.36. The number of hydrogen-bond acceptors (Lipinski definition) is 2. The van der Waals surface area contributed by atoms with Gasteiger partial charge in [-0.2, -0.15) is 0 Å². The van der Waals surface area contributed by atoms with Gasteiger partial charge in [-0.1, -0.05) is 41.9 Å². The van der Waals surface area contributed by atoms with Gasteiger partial charge in [-0.05, 0) is 11.6 Å². The van der Waals surface area contributed by atoms with E-state index in [1.54, 1.807) is 6.20 Å². The molecule has 4 heteroatoms. The minimum absolute atomic E-state index is 0.397. The highest BCUT2D eigenvalue weighted by atomic mass is 35.5. The second kappa shape index (κ2) is 3.61. The summed E-state index contributed by atoms with van der Waals surface area (Å²) in [6.45, 7) is 0. The summed E-state index contributed by atoms with van der Waals surface area (Å²) in [4.78, 5) is 11.6. The molecule has 0 aliphatic heterocycles. The lowest BCUT2D eigenvalue weighted by Gasteiger charge is -1.94. The molecule has 0 saturated carbocycles. The molecule has 1 N–H and O–H groups in total. The number of nitrogens with one attached hydrogen (secondary N) is 1. The highest BCUT2D eigenvalue weighted by Gasteiger charge is 2.05. The van der Waals surface area contributed by atoms with E-state index in [-0.39, 0.29) is 0 Å². The lowest BCUT2D eigenvalue weighted by atomic mass is 10.2. The molecular weight excluding hydrogens is 222 g/mol. The van der Waals surface area contributed by atoms with Crippen LogP contribution >= 0.6 is 11.6 Å². The molecule has 78 valence electrons. The van der Waals surface area contributed by atoms with Gasteiger partial charge < -0.3 is 4.98 Å². The number of benzene rings is 1. The third kappa shape index (κ3) is 1.55. The van der Waals surface area contributed by atoms with Crippen LogP contribution in [-0.2, 0) is 0 Å². The van der Waals surface area contributed by atoms with Crippen LogP contribution in [0, 0.1) is 0 Å². The Morgan fingerprint density at radius 2 is 1.94 bits per heavy atom. The molecule has 3 rings (SSSR count). The molecule has 2 aromatic heterocycles. The predicted octanol–water partition coefficient (Wildman–Crippen LogP) is 3.28. The van der Waals surface area contributed by atoms with E-state index >= 15 is 0 Å². The van der Waals surface area contributed by atoms with Crippen molar-refractivity contribution in [3.63, 3.8) is 0 Å². The summed E-state index contributed by atoms with van der Waals surface area (Å²) in [5.74, 6) is 0. The van der Waals surface area contributed by atoms with Crippen molar-refractivity contribution in [1.29, 1.82) is 0 Å². The molecule has 0 radical (unpaired) electrons. The SMILES string of the molecule is Clc1cnc2cc(-c3ccccc3)[nH]c2n1. The smallest absolute Gasteiger partial charge is 0.158 e. The van der Waals surface area contributed by atoms with Crippen molar-refractivity contribution < 1.29 is 0 Å². The van der Waals surface area contributed by atoms with E-state index in [0.717, 1.165) is 16.8 Å². The van der Waals surface area contributed by atoms with Crippen LogP contribution in [0.5, 0.6) is 0 Å². The van der Waals surface area contributed by atoms with E-state index in [1.807, 2.05) is 36.4 Å². The Bertz CT molecular complexity index is 631. The molecule has 0 aliphatic carbocycles. The van der Waals surface area contributed by atoms with Crippen LogP contribution in [0.4, 0.5) is 0 Å². The van der Waals surface area contributed by atoms with Gasteiger partial charge in [0.15, 0.2) is 5.65 Å². The molecule has 3 nitrogen and oxygen atoms in total. The van der Waals surface area contributed by atoms with Crippen LogP contribution in [0.2, 0.25) is 5.15 Å². The first-order chi connectivity index (χ1) is 7.83. The van der Waals surface area contributed by atoms with Gasteiger partial charge >= 0.3 is 0 Å². The first-order valence-corrected chi connectivity index (χ1v) is 5.27. The van der Waals surface area contributed by atoms with Gasteiger partial charge in [0.05, 0.1) is 6.20 Å². The normalized spacial score (nSPS) is 10.8. The summed E-state index contributed by atoms with van der Waals surface area (Å²) < 4.78 is 0. The number of halogens is 1. The number of H-pyrrole nitrogens is 1. The second-order valence-corrected chi connectivity index (χ2v) is 3.86. The summed E-state index contributed by atoms with van der Waals surface area (Å²) in [5, 5.41) is 0.397. The van der Waals surface area contributed by atoms with Crippen LogP contribution < -0.4 is 0 Å². The van der Waals surface area contributed by atoms with Crippen molar-refractivity contribution in [2.45, 2.75) is 0 Å². The molecule has 2 heterocycles. The molecule has 0 bridgehead atoms. The maximum Gasteiger partial charge on any atom is 0.158 e. The average molecular weight is 230 g/mol. The quantitative estimate of drug-likeness (QED) is 0.696. The van der Waals surface area contributed by atoms with Crippen molar-refractivity contribution in [3.05, 3.63) is 47.7 Å². The Kier molecular flexibility index (Phi) is 2.11. The van der Waals surface area contributed by atoms with Crippen molar-refractivity contribution in [2.75, 3.05) is 0 Å². The van der Waals surface area contributed by atoms with E-state index in [1.165, 1.54) is 0 Å². The fourth-order valence-electron chi connectivity index (χ4n) is 1.65. The van der Waals surface area contributed by atoms with Crippen molar-refractivity contribution in [1.82, 2.24) is 15.0 Å². The number of fused-ring (bicyclic) bond motifs is 1. The third-order valence-electron chi connectivity index (χ3n) is 2.39. The van der Waals surface area contributed by atoms with Gasteiger partial charge in [0.25, 0.3) is 0 Å². The fourth-order valence-corrected chi connectivity index (χ4v) is 1.78. The van der Waals surface area contributed by atoms with Crippen molar-refractivity contribution >= 4 is 22.8 Å². The molecule has 0 saturated heterocycles. The number of nitrogens with zero attached hydrogens (tertiary/aromatic N) is 2. The van der Waals surface area contributed by atoms with Crippen LogP contribution in [0.1, 0.15) is 0 Å². The Hall–Kier alpha value is -1.87. The lowest BCUT2D eigenvalue weighted by Crippen LogP contribution is -1.80. The second-order valence-electron chi connectivity index (χ2n) is 3.48. The number of hydrogen-bond donors (Lipinski definition) is 1. The van der Waals surface area contributed by atoms with Crippen LogP contribution in [0.15, 0.2) is 42.6 Å². The maximum atomic E-state index is 5.78. The van der Waals surface area contributed by atoms with Gasteiger partial charge in [-0.15, -0.1) is 0 Å². The summed E-state index contributed by atoms with van der Waals surface area (Å²) in [5.41, 5.74) is 3.64. The molecule has 16 heavy (non-hydrogen) atoms. The molecule has 0 spiro atoms. The topological polar surface area (TPSA) is 41.6 Å². The van der Waals surface area contributed by atoms with E-state index in [9.17, 15) is 0 Å². The third-order valence-corrected chi connectivity index (χ3v) is 2.57. The molecule has 0 aliphatic rings. The summed E-state index contributed by atoms with van der Waals surface area (Å²) >= 11 is 5.78. The fraction of sp³-hybridized carbons (Fsp3) is 0. The van der Waals surface area contributed by atoms with Crippen LogP contribution in [0.3, 0.4) is 0 Å². The average Bonchev–Trinajstić information content (AvgIpc) is 2.73. The van der Waals surface area contributed by atoms with E-state index in [0.29, 0.717) is 10.8 Å². The summed E-state index contributed by atoms with van der Waals surface area (Å²) in [7, 11) is 0. The van der Waals surface area contributed by atoms with Crippen molar-refractivity contribution in [3.8, 4) is 11.3 Å². The number of rotatable bonds is 1. The minimum Gasteiger partial charge on any atom is -0.338 e. The Labute approximate surface area is 97.1 Å². The minimum atomic E-state index is 0.397. The number of aromatic nitrogens is 3. The number of aromatic amines is 1. The van der Waals surface area contributed by atoms with Gasteiger partial charge in [0.1, 0.15) is 10.7 Å². The lowest BCUT2D eigenvalue weighted by molar-refractivity contribution is 1.26. The highest BCUT2D eigenvalue weighted by molar-refractivity contribution is 6.29. The Morgan fingerprint density at radius 3 is 2.75 bits per heavy atom. The van der Waals surface area contributed by atoms with Crippen molar-refractivity contribution in [2.24, 2.45) is 0 Å². The Morgan fingerprint density at radius 1 is 1.12 bits per heavy atom. The molecular formula is C12H8ClN3. The van der Waals surface area contributed by atoms with Crippen LogP contribution in [0.25, 0.3) is 22.4 Å².